The summed E-state index contributed by atoms with van der Waals surface area (Å²) in [5, 5.41) is 10.6. The number of pyridine rings is 1. The summed E-state index contributed by atoms with van der Waals surface area (Å²) in [7, 11) is 0. The molecule has 3 rings (SSSR count). The molecule has 0 aliphatic carbocycles. The van der Waals surface area contributed by atoms with E-state index in [2.05, 4.69) is 36.6 Å². The predicted molar refractivity (Wildman–Crippen MR) is 135 cm³/mol. The van der Waals surface area contributed by atoms with Crippen molar-refractivity contribution in [2.45, 2.75) is 26.8 Å². The van der Waals surface area contributed by atoms with E-state index in [1.165, 1.54) is 10.8 Å². The Morgan fingerprint density at radius 3 is 2.61 bits per heavy atom. The zero-order valence-electron chi connectivity index (χ0n) is 17.8. The van der Waals surface area contributed by atoms with Gasteiger partial charge in [0.05, 0.1) is 10.7 Å². The summed E-state index contributed by atoms with van der Waals surface area (Å²) in [6.07, 6.45) is 3.01. The van der Waals surface area contributed by atoms with E-state index < -0.39 is 11.8 Å². The van der Waals surface area contributed by atoms with Crippen LogP contribution >= 0.6 is 50.7 Å². The number of hydrogen-bond acceptors (Lipinski definition) is 4. The molecule has 7 nitrogen and oxygen atoms in total. The van der Waals surface area contributed by atoms with E-state index in [0.717, 1.165) is 0 Å². The third kappa shape index (κ3) is 6.14. The van der Waals surface area contributed by atoms with E-state index >= 15 is 0 Å². The number of anilines is 1. The highest BCUT2D eigenvalue weighted by molar-refractivity contribution is 9.10. The van der Waals surface area contributed by atoms with Crippen LogP contribution in [0, 0.1) is 6.92 Å². The molecule has 3 aromatic rings. The molecule has 0 unspecified atom stereocenters. The predicted octanol–water partition coefficient (Wildman–Crippen LogP) is 6.00. The van der Waals surface area contributed by atoms with E-state index in [4.69, 9.17) is 34.8 Å². The van der Waals surface area contributed by atoms with Crippen molar-refractivity contribution >= 4 is 74.3 Å². The summed E-state index contributed by atoms with van der Waals surface area (Å²) in [4.78, 5) is 29.7. The molecule has 2 heterocycles. The Kier molecular flexibility index (Phi) is 8.18. The third-order valence-corrected chi connectivity index (χ3v) is 5.52. The maximum Gasteiger partial charge on any atom is 0.274 e. The molecule has 172 valence electrons. The Labute approximate surface area is 214 Å². The van der Waals surface area contributed by atoms with E-state index in [-0.39, 0.29) is 16.8 Å². The highest BCUT2D eigenvalue weighted by Crippen LogP contribution is 2.29. The second-order valence-electron chi connectivity index (χ2n) is 7.33. The molecule has 0 saturated carbocycles. The highest BCUT2D eigenvalue weighted by atomic mass is 79.9. The van der Waals surface area contributed by atoms with Gasteiger partial charge < -0.3 is 10.6 Å². The van der Waals surface area contributed by atoms with Crippen LogP contribution in [0.15, 0.2) is 46.2 Å². The first-order valence-corrected chi connectivity index (χ1v) is 11.7. The average molecular weight is 572 g/mol. The fraction of sp³-hybridized carbons (Fsp3) is 0.182. The minimum atomic E-state index is -0.474. The Morgan fingerprint density at radius 2 is 1.94 bits per heavy atom. The summed E-state index contributed by atoms with van der Waals surface area (Å²) in [5.74, 6) is -0.609. The molecular formula is C22H19BrCl3N5O2. The van der Waals surface area contributed by atoms with Gasteiger partial charge in [0.15, 0.2) is 5.82 Å². The molecular weight excluding hydrogens is 553 g/mol. The highest BCUT2D eigenvalue weighted by Gasteiger charge is 2.21. The van der Waals surface area contributed by atoms with Crippen LogP contribution in [0.5, 0.6) is 0 Å². The second kappa shape index (κ2) is 10.7. The molecule has 11 heteroatoms. The minimum Gasteiger partial charge on any atom is -0.349 e. The molecule has 2 N–H and O–H groups in total. The van der Waals surface area contributed by atoms with Gasteiger partial charge in [-0.1, -0.05) is 34.8 Å². The van der Waals surface area contributed by atoms with Gasteiger partial charge in [-0.25, -0.2) is 9.67 Å². The largest absolute Gasteiger partial charge is 0.349 e. The number of aryl methyl sites for hydroxylation is 1. The van der Waals surface area contributed by atoms with Crippen LogP contribution in [0.4, 0.5) is 5.69 Å². The van der Waals surface area contributed by atoms with Crippen LogP contribution in [0.1, 0.15) is 35.5 Å². The molecule has 2 amide bonds. The molecule has 0 saturated heterocycles. The van der Waals surface area contributed by atoms with E-state index in [1.807, 2.05) is 13.8 Å². The lowest BCUT2D eigenvalue weighted by molar-refractivity contribution is -0.117. The van der Waals surface area contributed by atoms with E-state index in [1.54, 1.807) is 43.5 Å². The van der Waals surface area contributed by atoms with Crippen LogP contribution < -0.4 is 10.6 Å². The standard InChI is InChI=1S/C22H19BrCl3N5O2/c1-11(2)28-21(32)16(26)9-13-8-14(24)7-12(3)19(13)29-22(33)17-10-18(23)30-31(17)20-15(25)5-4-6-27-20/h4-11H,1-3H3,(H,28,32)(H,29,33)/b16-9-. The Morgan fingerprint density at radius 1 is 1.21 bits per heavy atom. The van der Waals surface area contributed by atoms with Crippen molar-refractivity contribution in [1.82, 2.24) is 20.1 Å². The fourth-order valence-electron chi connectivity index (χ4n) is 2.97. The molecule has 0 spiro atoms. The second-order valence-corrected chi connectivity index (χ2v) is 9.40. The number of amides is 2. The van der Waals surface area contributed by atoms with Crippen molar-refractivity contribution in [3.63, 3.8) is 0 Å². The molecule has 0 atom stereocenters. The van der Waals surface area contributed by atoms with Gasteiger partial charge in [-0.3, -0.25) is 9.59 Å². The van der Waals surface area contributed by atoms with Crippen molar-refractivity contribution in [1.29, 1.82) is 0 Å². The molecule has 33 heavy (non-hydrogen) atoms. The zero-order valence-corrected chi connectivity index (χ0v) is 21.6. The van der Waals surface area contributed by atoms with Crippen LogP contribution in [0.2, 0.25) is 10.0 Å². The van der Waals surface area contributed by atoms with Crippen molar-refractivity contribution in [2.75, 3.05) is 5.32 Å². The smallest absolute Gasteiger partial charge is 0.274 e. The first kappa shape index (κ1) is 25.2. The molecule has 0 aliphatic rings. The van der Waals surface area contributed by atoms with Gasteiger partial charge in [-0.15, -0.1) is 0 Å². The quantitative estimate of drug-likeness (QED) is 0.355. The summed E-state index contributed by atoms with van der Waals surface area (Å²) in [6, 6.07) is 8.09. The van der Waals surface area contributed by atoms with Crippen molar-refractivity contribution in [2.24, 2.45) is 0 Å². The van der Waals surface area contributed by atoms with Gasteiger partial charge in [0.25, 0.3) is 11.8 Å². The van der Waals surface area contributed by atoms with Gasteiger partial charge in [-0.05, 0) is 72.6 Å². The van der Waals surface area contributed by atoms with Crippen LogP contribution in [-0.2, 0) is 4.79 Å². The van der Waals surface area contributed by atoms with Gasteiger partial charge in [-0.2, -0.15) is 5.10 Å². The number of nitrogens with one attached hydrogen (secondary N) is 2. The SMILES string of the molecule is Cc1cc(Cl)cc(/C=C(\Cl)C(=O)NC(C)C)c1NC(=O)c1cc(Br)nn1-c1ncccc1Cl. The normalized spacial score (nSPS) is 11.6. The molecule has 1 aromatic carbocycles. The number of aromatic nitrogens is 3. The summed E-state index contributed by atoms with van der Waals surface area (Å²) in [5.41, 5.74) is 1.78. The van der Waals surface area contributed by atoms with Crippen molar-refractivity contribution < 1.29 is 9.59 Å². The Hall–Kier alpha value is -2.39. The monoisotopic (exact) mass is 569 g/mol. The number of hydrogen-bond donors (Lipinski definition) is 2. The Bertz CT molecular complexity index is 1260. The van der Waals surface area contributed by atoms with Gasteiger partial charge >= 0.3 is 0 Å². The number of carbonyl (C=O) groups excluding carboxylic acids is 2. The number of carbonyl (C=O) groups is 2. The zero-order chi connectivity index (χ0) is 24.3. The number of halogens is 4. The minimum absolute atomic E-state index is 0.0473. The summed E-state index contributed by atoms with van der Waals surface area (Å²) >= 11 is 22.0. The van der Waals surface area contributed by atoms with Crippen LogP contribution in [-0.4, -0.2) is 32.6 Å². The number of nitrogens with zero attached hydrogens (tertiary/aromatic N) is 3. The number of benzene rings is 1. The number of rotatable bonds is 6. The average Bonchev–Trinajstić information content (AvgIpc) is 3.11. The molecule has 0 radical (unpaired) electrons. The maximum atomic E-state index is 13.3. The topological polar surface area (TPSA) is 88.9 Å². The fourth-order valence-corrected chi connectivity index (χ4v) is 4.00. The van der Waals surface area contributed by atoms with Gasteiger partial charge in [0, 0.05) is 28.9 Å². The molecule has 2 aromatic heterocycles. The van der Waals surface area contributed by atoms with E-state index in [0.29, 0.717) is 37.3 Å². The van der Waals surface area contributed by atoms with Crippen molar-refractivity contribution in [3.8, 4) is 5.82 Å². The van der Waals surface area contributed by atoms with Gasteiger partial charge in [0.1, 0.15) is 15.3 Å². The first-order valence-electron chi connectivity index (χ1n) is 9.72. The lowest BCUT2D eigenvalue weighted by Crippen LogP contribution is -2.30. The molecule has 0 bridgehead atoms. The van der Waals surface area contributed by atoms with Crippen LogP contribution in [0.25, 0.3) is 11.9 Å². The van der Waals surface area contributed by atoms with Crippen molar-refractivity contribution in [3.05, 3.63) is 73.0 Å². The summed E-state index contributed by atoms with van der Waals surface area (Å²) in [6.45, 7) is 5.43. The maximum absolute atomic E-state index is 13.3. The van der Waals surface area contributed by atoms with Crippen LogP contribution in [0.3, 0.4) is 0 Å². The summed E-state index contributed by atoms with van der Waals surface area (Å²) < 4.78 is 1.77. The molecule has 0 fully saturated rings. The van der Waals surface area contributed by atoms with Gasteiger partial charge in [0.2, 0.25) is 0 Å². The lowest BCUT2D eigenvalue weighted by Gasteiger charge is -2.14. The van der Waals surface area contributed by atoms with E-state index in [9.17, 15) is 9.59 Å². The first-order chi connectivity index (χ1) is 15.6. The Balaban J connectivity index is 2.01. The molecule has 0 aliphatic heterocycles. The third-order valence-electron chi connectivity index (χ3n) is 4.34. The lowest BCUT2D eigenvalue weighted by atomic mass is 10.1.